The maximum Gasteiger partial charge on any atom is 0.164 e. The van der Waals surface area contributed by atoms with E-state index in [0.29, 0.717) is 134 Å². The normalized spacial score (nSPS) is 12.5. The summed E-state index contributed by atoms with van der Waals surface area (Å²) < 4.78 is 42.2. The van der Waals surface area contributed by atoms with Gasteiger partial charge in [0.2, 0.25) is 0 Å². The molecule has 2 aliphatic heterocycles. The molecule has 0 saturated heterocycles. The number of ether oxygens (including phenoxy) is 4. The molecule has 14 rings (SSSR count). The first-order valence-electron chi connectivity index (χ1n) is 29.1. The summed E-state index contributed by atoms with van der Waals surface area (Å²) in [5.41, 5.74) is 8.23. The highest BCUT2D eigenvalue weighted by atomic mass is 32.4. The largest absolute Gasteiger partial charge is 0.494 e. The Labute approximate surface area is 501 Å². The van der Waals surface area contributed by atoms with Gasteiger partial charge in [-0.15, -0.1) is 0 Å². The van der Waals surface area contributed by atoms with E-state index in [1.807, 2.05) is 204 Å². The molecular formula is C70H62N12O4S. The van der Waals surface area contributed by atoms with E-state index in [1.54, 1.807) is 0 Å². The first kappa shape index (κ1) is 54.1. The highest BCUT2D eigenvalue weighted by Crippen LogP contribution is 2.95. The summed E-state index contributed by atoms with van der Waals surface area (Å²) in [4.78, 5) is 41.4. The van der Waals surface area contributed by atoms with E-state index in [2.05, 4.69) is 71.3 Å². The van der Waals surface area contributed by atoms with Gasteiger partial charge in [-0.05, 0) is 152 Å². The summed E-state index contributed by atoms with van der Waals surface area (Å²) in [6, 6.07) is 73.1. The predicted molar refractivity (Wildman–Crippen MR) is 352 cm³/mol. The number of fused-ring (bicyclic) bond motifs is 20. The lowest BCUT2D eigenvalue weighted by Gasteiger charge is -2.82. The number of anilines is 4. The minimum absolute atomic E-state index is 0.436. The molecule has 432 valence electrons. The van der Waals surface area contributed by atoms with Crippen molar-refractivity contribution in [2.45, 2.75) is 37.5 Å². The number of hydrogen-bond acceptors (Lipinski definition) is 14. The van der Waals surface area contributed by atoms with Gasteiger partial charge in [0.05, 0.1) is 31.3 Å². The van der Waals surface area contributed by atoms with Crippen LogP contribution in [0.25, 0.3) is 89.7 Å². The Morgan fingerprint density at radius 2 is 0.621 bits per heavy atom. The molecule has 0 radical (unpaired) electrons. The summed E-state index contributed by atoms with van der Waals surface area (Å²) >= 11 is 0. The minimum Gasteiger partial charge on any atom is -0.494 e. The van der Waals surface area contributed by atoms with Crippen molar-refractivity contribution in [2.75, 3.05) is 45.3 Å². The van der Waals surface area contributed by atoms with Crippen LogP contribution in [0.2, 0.25) is 0 Å². The summed E-state index contributed by atoms with van der Waals surface area (Å²) in [5, 5.41) is 3.16. The van der Waals surface area contributed by atoms with Crippen molar-refractivity contribution < 1.29 is 18.9 Å². The fourth-order valence-electron chi connectivity index (χ4n) is 11.9. The third-order valence-electron chi connectivity index (χ3n) is 15.6. The second-order valence-corrected chi connectivity index (χ2v) is 25.8. The monoisotopic (exact) mass is 1170 g/mol. The second-order valence-electron chi connectivity index (χ2n) is 21.0. The smallest absolute Gasteiger partial charge is 0.164 e. The SMILES string of the molecule is CCOc1ccc(NS(Nc2ccc(OCC)cc2)(Nc2ccc(OCC)cc2)(Nc2ccc(OCC)cc2)(c2ccccc2)c2cccc3c4nc5nc(nc6[nH]c(nc7nc(nc([nH]4)c23)-c2ccccc2-7)c2ccccc62)-c2ccccc2-5)cc1. The van der Waals surface area contributed by atoms with Gasteiger partial charge < -0.3 is 47.8 Å². The van der Waals surface area contributed by atoms with E-state index >= 15 is 0 Å². The Morgan fingerprint density at radius 1 is 0.310 bits per heavy atom. The van der Waals surface area contributed by atoms with Crippen LogP contribution in [-0.4, -0.2) is 66.3 Å². The summed E-state index contributed by atoms with van der Waals surface area (Å²) in [6.45, 7) is 9.88. The zero-order chi connectivity index (χ0) is 59.0. The van der Waals surface area contributed by atoms with Gasteiger partial charge in [0, 0.05) is 71.4 Å². The molecule has 0 saturated carbocycles. The Hall–Kier alpha value is -10.9. The molecule has 12 aromatic rings. The van der Waals surface area contributed by atoms with Gasteiger partial charge in [0.25, 0.3) is 0 Å². The Kier molecular flexibility index (Phi) is 13.4. The lowest BCUT2D eigenvalue weighted by atomic mass is 10.1. The number of H-pyrrole nitrogens is 2. The highest BCUT2D eigenvalue weighted by Gasteiger charge is 2.64. The first-order valence-corrected chi connectivity index (χ1v) is 31.6. The molecule has 0 aliphatic carbocycles. The Morgan fingerprint density at radius 3 is 0.989 bits per heavy atom. The van der Waals surface area contributed by atoms with Crippen LogP contribution in [0.4, 0.5) is 22.7 Å². The van der Waals surface area contributed by atoms with Crippen LogP contribution in [-0.2, 0) is 0 Å². The van der Waals surface area contributed by atoms with Crippen LogP contribution >= 0.6 is 9.04 Å². The number of aromatic nitrogens is 8. The average molecular weight is 1170 g/mol. The van der Waals surface area contributed by atoms with Crippen molar-refractivity contribution >= 4 is 75.9 Å². The molecule has 17 heteroatoms. The van der Waals surface area contributed by atoms with Crippen molar-refractivity contribution in [2.24, 2.45) is 0 Å². The van der Waals surface area contributed by atoms with Gasteiger partial charge in [-0.2, -0.15) is 0 Å². The zero-order valence-corrected chi connectivity index (χ0v) is 49.2. The molecule has 6 N–H and O–H groups in total. The zero-order valence-electron chi connectivity index (χ0n) is 48.3. The number of aromatic amines is 2. The van der Waals surface area contributed by atoms with Gasteiger partial charge in [-0.3, -0.25) is 0 Å². The van der Waals surface area contributed by atoms with Crippen molar-refractivity contribution in [3.63, 3.8) is 0 Å². The Bertz CT molecular complexity index is 4520. The molecule has 2 aliphatic rings. The van der Waals surface area contributed by atoms with Crippen molar-refractivity contribution in [1.82, 2.24) is 39.9 Å². The topological polar surface area (TPSA) is 194 Å². The maximum atomic E-state index is 6.13. The average Bonchev–Trinajstić information content (AvgIpc) is 0.821. The Balaban J connectivity index is 1.21. The van der Waals surface area contributed by atoms with Crippen LogP contribution in [0.3, 0.4) is 0 Å². The van der Waals surface area contributed by atoms with E-state index < -0.39 is 9.04 Å². The number of hydrogen-bond donors (Lipinski definition) is 6. The van der Waals surface area contributed by atoms with E-state index in [9.17, 15) is 0 Å². The van der Waals surface area contributed by atoms with Gasteiger partial charge >= 0.3 is 0 Å². The standard InChI is InChI=1S/C70H62N12O4S/c1-5-83-49-37-29-45(30-38-49)79-87(53-19-10-9-11-20-53,80-46-31-39-50(40-32-46)84-6-2,81-47-33-41-51(42-34-47)85-7-3,82-48-35-43-52(44-36-48)86-8-4)61-28-18-27-60-62(61)70-77-68-59-26-17-16-25-58(59)66(75-68)73-64-55-22-13-12-21-54(55)63(71-64)72-65-56-23-14-15-24-57(56)67(74-65)76-69(60)78-70/h9-44,79-82H,5-8H2,1-4H3,(H2,71,72,73,74,75,76,77,78). The molecule has 0 fully saturated rings. The molecular weight excluding hydrogens is 1100 g/mol. The third-order valence-corrected chi connectivity index (χ3v) is 21.5. The molecule has 9 aromatic carbocycles. The van der Waals surface area contributed by atoms with Crippen LogP contribution in [0.15, 0.2) is 228 Å². The maximum absolute atomic E-state index is 6.13. The quantitative estimate of drug-likeness (QED) is 0.0475. The lowest BCUT2D eigenvalue weighted by molar-refractivity contribution is 0.340. The molecule has 0 amide bonds. The van der Waals surface area contributed by atoms with Crippen LogP contribution < -0.4 is 37.8 Å². The number of nitrogens with one attached hydrogen (secondary N) is 6. The molecule has 0 atom stereocenters. The minimum atomic E-state index is -5.75. The first-order chi connectivity index (χ1) is 42.7. The van der Waals surface area contributed by atoms with E-state index in [-0.39, 0.29) is 0 Å². The van der Waals surface area contributed by atoms with Gasteiger partial charge in [0.15, 0.2) is 23.3 Å². The van der Waals surface area contributed by atoms with Gasteiger partial charge in [-0.1, -0.05) is 103 Å². The molecule has 0 unspecified atom stereocenters. The highest BCUT2D eigenvalue weighted by molar-refractivity contribution is 8.68. The van der Waals surface area contributed by atoms with E-state index in [4.69, 9.17) is 48.9 Å². The van der Waals surface area contributed by atoms with Crippen LogP contribution in [0.5, 0.6) is 23.0 Å². The van der Waals surface area contributed by atoms with Crippen LogP contribution in [0, 0.1) is 0 Å². The number of nitrogens with zero attached hydrogens (tertiary/aromatic N) is 6. The third kappa shape index (κ3) is 9.26. The lowest BCUT2D eigenvalue weighted by Crippen LogP contribution is -2.60. The van der Waals surface area contributed by atoms with E-state index in [0.717, 1.165) is 37.9 Å². The molecule has 3 aromatic heterocycles. The molecule has 0 spiro atoms. The second kappa shape index (κ2) is 21.6. The van der Waals surface area contributed by atoms with Crippen molar-refractivity contribution in [3.8, 4) is 68.5 Å². The van der Waals surface area contributed by atoms with Crippen molar-refractivity contribution in [1.29, 1.82) is 0 Å². The fourth-order valence-corrected chi connectivity index (χ4v) is 18.2. The molecule has 87 heavy (non-hydrogen) atoms. The number of benzene rings is 9. The fraction of sp³-hybridized carbons (Fsp3) is 0.114. The molecule has 8 bridgehead atoms. The van der Waals surface area contributed by atoms with Gasteiger partial charge in [-0.25, -0.2) is 29.9 Å². The van der Waals surface area contributed by atoms with Gasteiger partial charge in [0.1, 0.15) is 45.6 Å². The molecule has 5 heterocycles. The summed E-state index contributed by atoms with van der Waals surface area (Å²) in [7, 11) is -5.75. The number of rotatable bonds is 18. The molecule has 16 nitrogen and oxygen atoms in total. The van der Waals surface area contributed by atoms with E-state index in [1.165, 1.54) is 0 Å². The van der Waals surface area contributed by atoms with Crippen LogP contribution in [0.1, 0.15) is 27.7 Å². The van der Waals surface area contributed by atoms with Crippen molar-refractivity contribution in [3.05, 3.63) is 218 Å². The summed E-state index contributed by atoms with van der Waals surface area (Å²) in [5.74, 6) is 4.72. The summed E-state index contributed by atoms with van der Waals surface area (Å²) in [6.07, 6.45) is 0. The predicted octanol–water partition coefficient (Wildman–Crippen LogP) is 16.9.